The van der Waals surface area contributed by atoms with Crippen molar-refractivity contribution < 1.29 is 9.53 Å². The average molecular weight is 212 g/mol. The Kier molecular flexibility index (Phi) is 2.42. The molecule has 0 bridgehead atoms. The number of hydrogen-bond acceptors (Lipinski definition) is 3. The predicted molar refractivity (Wildman–Crippen MR) is 52.6 cm³/mol. The first-order valence-electron chi connectivity index (χ1n) is 4.46. The second kappa shape index (κ2) is 3.58. The lowest BCUT2D eigenvalue weighted by atomic mass is 10.1. The van der Waals surface area contributed by atoms with E-state index < -0.39 is 0 Å². The molecule has 3 nitrogen and oxygen atoms in total. The largest absolute Gasteiger partial charge is 0.464 e. The molecule has 0 aromatic carbocycles. The number of pyridine rings is 1. The van der Waals surface area contributed by atoms with Crippen molar-refractivity contribution in [2.75, 3.05) is 7.11 Å². The molecule has 1 fully saturated rings. The standard InChI is InChI=1S/C10H10ClNO2/c1-14-10(13)9-8(6-2-3-6)4-7(11)5-12-9/h4-6H,2-3H2,1H3. The molecule has 74 valence electrons. The van der Waals surface area contributed by atoms with E-state index in [1.54, 1.807) is 6.07 Å². The van der Waals surface area contributed by atoms with E-state index in [1.165, 1.54) is 13.3 Å². The number of esters is 1. The summed E-state index contributed by atoms with van der Waals surface area (Å²) in [7, 11) is 1.36. The highest BCUT2D eigenvalue weighted by atomic mass is 35.5. The number of carbonyl (C=O) groups is 1. The molecule has 1 heterocycles. The van der Waals surface area contributed by atoms with Gasteiger partial charge in [0.05, 0.1) is 12.1 Å². The van der Waals surface area contributed by atoms with Crippen LogP contribution in [0.5, 0.6) is 0 Å². The van der Waals surface area contributed by atoms with Crippen molar-refractivity contribution in [1.29, 1.82) is 0 Å². The molecular formula is C10H10ClNO2. The van der Waals surface area contributed by atoms with E-state index >= 15 is 0 Å². The van der Waals surface area contributed by atoms with Crippen molar-refractivity contribution in [3.63, 3.8) is 0 Å². The zero-order valence-corrected chi connectivity index (χ0v) is 8.54. The number of halogens is 1. The van der Waals surface area contributed by atoms with Crippen LogP contribution >= 0.6 is 11.6 Å². The minimum absolute atomic E-state index is 0.386. The molecule has 4 heteroatoms. The fourth-order valence-corrected chi connectivity index (χ4v) is 1.59. The number of aromatic nitrogens is 1. The van der Waals surface area contributed by atoms with Gasteiger partial charge < -0.3 is 4.74 Å². The first-order valence-corrected chi connectivity index (χ1v) is 4.84. The Labute approximate surface area is 87.0 Å². The summed E-state index contributed by atoms with van der Waals surface area (Å²) in [5.41, 5.74) is 1.32. The molecule has 14 heavy (non-hydrogen) atoms. The summed E-state index contributed by atoms with van der Waals surface area (Å²) in [4.78, 5) is 15.4. The average Bonchev–Trinajstić information content (AvgIpc) is 3.00. The lowest BCUT2D eigenvalue weighted by molar-refractivity contribution is 0.0592. The van der Waals surface area contributed by atoms with Crippen LogP contribution < -0.4 is 0 Å². The highest BCUT2D eigenvalue weighted by molar-refractivity contribution is 6.30. The van der Waals surface area contributed by atoms with Crippen LogP contribution in [0, 0.1) is 0 Å². The van der Waals surface area contributed by atoms with Crippen molar-refractivity contribution in [3.8, 4) is 0 Å². The van der Waals surface area contributed by atoms with Crippen LogP contribution in [0.25, 0.3) is 0 Å². The molecule has 0 radical (unpaired) electrons. The SMILES string of the molecule is COC(=O)c1ncc(Cl)cc1C1CC1. The summed E-state index contributed by atoms with van der Waals surface area (Å²) in [6, 6.07) is 1.80. The van der Waals surface area contributed by atoms with Gasteiger partial charge in [-0.05, 0) is 30.4 Å². The lowest BCUT2D eigenvalue weighted by Crippen LogP contribution is -2.07. The summed E-state index contributed by atoms with van der Waals surface area (Å²) in [6.07, 6.45) is 3.68. The fraction of sp³-hybridized carbons (Fsp3) is 0.400. The maximum absolute atomic E-state index is 11.3. The topological polar surface area (TPSA) is 39.2 Å². The van der Waals surface area contributed by atoms with Crippen molar-refractivity contribution in [1.82, 2.24) is 4.98 Å². The van der Waals surface area contributed by atoms with Gasteiger partial charge in [0.15, 0.2) is 5.69 Å². The minimum atomic E-state index is -0.386. The molecule has 0 saturated heterocycles. The van der Waals surface area contributed by atoms with Crippen molar-refractivity contribution in [2.45, 2.75) is 18.8 Å². The lowest BCUT2D eigenvalue weighted by Gasteiger charge is -2.05. The van der Waals surface area contributed by atoms with Gasteiger partial charge in [0.25, 0.3) is 0 Å². The quantitative estimate of drug-likeness (QED) is 0.706. The van der Waals surface area contributed by atoms with Crippen LogP contribution in [0.3, 0.4) is 0 Å². The van der Waals surface area contributed by atoms with E-state index in [-0.39, 0.29) is 5.97 Å². The van der Waals surface area contributed by atoms with E-state index in [2.05, 4.69) is 9.72 Å². The third kappa shape index (κ3) is 1.73. The molecule has 0 aliphatic heterocycles. The number of carbonyl (C=O) groups excluding carboxylic acids is 1. The maximum atomic E-state index is 11.3. The molecule has 1 aliphatic carbocycles. The summed E-state index contributed by atoms with van der Waals surface area (Å²) in [5, 5.41) is 0.569. The van der Waals surface area contributed by atoms with Gasteiger partial charge in [-0.3, -0.25) is 0 Å². The van der Waals surface area contributed by atoms with Gasteiger partial charge in [-0.1, -0.05) is 11.6 Å². The summed E-state index contributed by atoms with van der Waals surface area (Å²) in [5.74, 6) is 0.0545. The van der Waals surface area contributed by atoms with Crippen LogP contribution in [0.4, 0.5) is 0 Å². The number of nitrogens with zero attached hydrogens (tertiary/aromatic N) is 1. The first-order chi connectivity index (χ1) is 6.72. The highest BCUT2D eigenvalue weighted by Gasteiger charge is 2.29. The molecule has 1 aliphatic rings. The van der Waals surface area contributed by atoms with Gasteiger partial charge >= 0.3 is 5.97 Å². The van der Waals surface area contributed by atoms with Gasteiger partial charge in [0.1, 0.15) is 0 Å². The summed E-state index contributed by atoms with van der Waals surface area (Å²) < 4.78 is 4.65. The second-order valence-corrected chi connectivity index (χ2v) is 3.79. The van der Waals surface area contributed by atoms with E-state index in [9.17, 15) is 4.79 Å². The Morgan fingerprint density at radius 3 is 2.93 bits per heavy atom. The molecular weight excluding hydrogens is 202 g/mol. The molecule has 1 saturated carbocycles. The normalized spacial score (nSPS) is 15.3. The van der Waals surface area contributed by atoms with Crippen LogP contribution in [0.2, 0.25) is 5.02 Å². The Balaban J connectivity index is 2.42. The Morgan fingerprint density at radius 1 is 1.64 bits per heavy atom. The van der Waals surface area contributed by atoms with E-state index in [0.29, 0.717) is 16.6 Å². The zero-order valence-electron chi connectivity index (χ0n) is 7.79. The molecule has 0 spiro atoms. The van der Waals surface area contributed by atoms with Crippen LogP contribution in [0.15, 0.2) is 12.3 Å². The Morgan fingerprint density at radius 2 is 2.36 bits per heavy atom. The van der Waals surface area contributed by atoms with Gasteiger partial charge in [-0.15, -0.1) is 0 Å². The third-order valence-electron chi connectivity index (χ3n) is 2.28. The van der Waals surface area contributed by atoms with Crippen LogP contribution in [-0.2, 0) is 4.74 Å². The number of ether oxygens (including phenoxy) is 1. The van der Waals surface area contributed by atoms with Crippen molar-refractivity contribution in [3.05, 3.63) is 28.5 Å². The van der Waals surface area contributed by atoms with Gasteiger partial charge in [-0.2, -0.15) is 0 Å². The minimum Gasteiger partial charge on any atom is -0.464 e. The van der Waals surface area contributed by atoms with E-state index in [1.807, 2.05) is 0 Å². The van der Waals surface area contributed by atoms with Gasteiger partial charge in [0.2, 0.25) is 0 Å². The Hall–Kier alpha value is -1.09. The van der Waals surface area contributed by atoms with Crippen LogP contribution in [0.1, 0.15) is 34.8 Å². The predicted octanol–water partition coefficient (Wildman–Crippen LogP) is 2.40. The molecule has 2 rings (SSSR count). The molecule has 0 atom stereocenters. The maximum Gasteiger partial charge on any atom is 0.356 e. The monoisotopic (exact) mass is 211 g/mol. The molecule has 0 N–H and O–H groups in total. The van der Waals surface area contributed by atoms with Crippen molar-refractivity contribution in [2.24, 2.45) is 0 Å². The number of hydrogen-bond donors (Lipinski definition) is 0. The molecule has 0 amide bonds. The smallest absolute Gasteiger partial charge is 0.356 e. The third-order valence-corrected chi connectivity index (χ3v) is 2.49. The second-order valence-electron chi connectivity index (χ2n) is 3.36. The molecule has 1 aromatic heterocycles. The highest BCUT2D eigenvalue weighted by Crippen LogP contribution is 2.42. The van der Waals surface area contributed by atoms with Gasteiger partial charge in [0, 0.05) is 6.20 Å². The van der Waals surface area contributed by atoms with Gasteiger partial charge in [-0.25, -0.2) is 9.78 Å². The van der Waals surface area contributed by atoms with E-state index in [4.69, 9.17) is 11.6 Å². The Bertz CT molecular complexity index is 374. The zero-order chi connectivity index (χ0) is 10.1. The first kappa shape index (κ1) is 9.46. The van der Waals surface area contributed by atoms with Crippen molar-refractivity contribution >= 4 is 17.6 Å². The van der Waals surface area contributed by atoms with E-state index in [0.717, 1.165) is 18.4 Å². The molecule has 0 unspecified atom stereocenters. The number of methoxy groups -OCH3 is 1. The summed E-state index contributed by atoms with van der Waals surface area (Å²) >= 11 is 5.82. The summed E-state index contributed by atoms with van der Waals surface area (Å²) in [6.45, 7) is 0. The van der Waals surface area contributed by atoms with Crippen LogP contribution in [-0.4, -0.2) is 18.1 Å². The number of rotatable bonds is 2. The fourth-order valence-electron chi connectivity index (χ4n) is 1.43. The molecule has 1 aromatic rings.